The topological polar surface area (TPSA) is 59.8 Å². The maximum atomic E-state index is 13.3. The van der Waals surface area contributed by atoms with Crippen molar-refractivity contribution in [1.29, 1.82) is 0 Å². The number of hydrogen-bond acceptors (Lipinski definition) is 4. The molecule has 1 N–H and O–H groups in total. The van der Waals surface area contributed by atoms with Crippen molar-refractivity contribution in [3.63, 3.8) is 0 Å². The van der Waals surface area contributed by atoms with Gasteiger partial charge in [-0.1, -0.05) is 23.4 Å². The first-order valence-electron chi connectivity index (χ1n) is 8.58. The molecule has 136 valence electrons. The van der Waals surface area contributed by atoms with E-state index in [1.54, 1.807) is 40.3 Å². The van der Waals surface area contributed by atoms with E-state index in [9.17, 15) is 9.18 Å². The predicted octanol–water partition coefficient (Wildman–Crippen LogP) is 4.17. The van der Waals surface area contributed by atoms with E-state index < -0.39 is 0 Å². The minimum absolute atomic E-state index is 0.217. The first-order valence-corrected chi connectivity index (χ1v) is 9.46. The Balaban J connectivity index is 1.64. The fourth-order valence-electron chi connectivity index (χ4n) is 2.99. The van der Waals surface area contributed by atoms with Gasteiger partial charge < -0.3 is 5.32 Å². The molecule has 0 aliphatic rings. The summed E-state index contributed by atoms with van der Waals surface area (Å²) in [6.45, 7) is 2.70. The van der Waals surface area contributed by atoms with Crippen molar-refractivity contribution in [3.8, 4) is 0 Å². The molecular formula is C20H17FN4OS. The molecule has 0 unspecified atom stereocenters. The molecule has 1 atom stereocenters. The smallest absolute Gasteiger partial charge is 0.252 e. The van der Waals surface area contributed by atoms with Crippen LogP contribution in [0.15, 0.2) is 60.0 Å². The van der Waals surface area contributed by atoms with Crippen LogP contribution in [0, 0.1) is 5.82 Å². The van der Waals surface area contributed by atoms with Gasteiger partial charge in [0.1, 0.15) is 11.3 Å². The molecule has 0 aliphatic carbocycles. The van der Waals surface area contributed by atoms with Crippen molar-refractivity contribution in [2.45, 2.75) is 19.5 Å². The summed E-state index contributed by atoms with van der Waals surface area (Å²) in [4.78, 5) is 13.9. The zero-order valence-electron chi connectivity index (χ0n) is 14.6. The van der Waals surface area contributed by atoms with Crippen molar-refractivity contribution in [2.24, 2.45) is 0 Å². The number of aromatic nitrogens is 3. The molecule has 2 aromatic heterocycles. The van der Waals surface area contributed by atoms with E-state index in [-0.39, 0.29) is 17.8 Å². The fourth-order valence-corrected chi connectivity index (χ4v) is 3.79. The normalized spacial score (nSPS) is 12.2. The van der Waals surface area contributed by atoms with Gasteiger partial charge in [0.2, 0.25) is 0 Å². The van der Waals surface area contributed by atoms with E-state index in [0.717, 1.165) is 16.0 Å². The molecule has 0 saturated carbocycles. The molecule has 4 aromatic rings. The van der Waals surface area contributed by atoms with E-state index >= 15 is 0 Å². The third-order valence-corrected chi connectivity index (χ3v) is 5.32. The molecule has 4 rings (SSSR count). The molecule has 0 radical (unpaired) electrons. The Morgan fingerprint density at radius 3 is 2.74 bits per heavy atom. The standard InChI is InChI=1S/C20H17FN4OS/c1-2-25-17-10-7-14(12-16(17)23-24-25)20(26)22-19(18-4-3-11-27-18)13-5-8-15(21)9-6-13/h3-12,19H,2H2,1H3,(H,22,26)/t19-/m0/s1. The highest BCUT2D eigenvalue weighted by Gasteiger charge is 2.19. The highest BCUT2D eigenvalue weighted by molar-refractivity contribution is 7.10. The number of fused-ring (bicyclic) bond motifs is 1. The third kappa shape index (κ3) is 3.46. The van der Waals surface area contributed by atoms with Crippen LogP contribution in [0.3, 0.4) is 0 Å². The minimum Gasteiger partial charge on any atom is -0.340 e. The van der Waals surface area contributed by atoms with E-state index in [1.165, 1.54) is 12.1 Å². The summed E-state index contributed by atoms with van der Waals surface area (Å²) in [7, 11) is 0. The number of benzene rings is 2. The van der Waals surface area contributed by atoms with Crippen LogP contribution >= 0.6 is 11.3 Å². The summed E-state index contributed by atoms with van der Waals surface area (Å²) in [5, 5.41) is 13.2. The molecule has 1 amide bonds. The second kappa shape index (κ2) is 7.28. The lowest BCUT2D eigenvalue weighted by atomic mass is 10.0. The Morgan fingerprint density at radius 2 is 2.04 bits per heavy atom. The fraction of sp³-hybridized carbons (Fsp3) is 0.150. The lowest BCUT2D eigenvalue weighted by Crippen LogP contribution is -2.28. The van der Waals surface area contributed by atoms with Gasteiger partial charge in [-0.2, -0.15) is 0 Å². The molecule has 2 heterocycles. The van der Waals surface area contributed by atoms with Gasteiger partial charge >= 0.3 is 0 Å². The zero-order valence-corrected chi connectivity index (χ0v) is 15.4. The van der Waals surface area contributed by atoms with Crippen molar-refractivity contribution in [3.05, 3.63) is 81.8 Å². The summed E-state index contributed by atoms with van der Waals surface area (Å²) in [6.07, 6.45) is 0. The van der Waals surface area contributed by atoms with Crippen LogP contribution < -0.4 is 5.32 Å². The van der Waals surface area contributed by atoms with Gasteiger partial charge in [-0.15, -0.1) is 16.4 Å². The first kappa shape index (κ1) is 17.4. The summed E-state index contributed by atoms with van der Waals surface area (Å²) in [6, 6.07) is 15.1. The van der Waals surface area contributed by atoms with E-state index in [2.05, 4.69) is 15.6 Å². The van der Waals surface area contributed by atoms with Gasteiger partial charge in [0.15, 0.2) is 0 Å². The van der Waals surface area contributed by atoms with Gasteiger partial charge in [-0.3, -0.25) is 4.79 Å². The van der Waals surface area contributed by atoms with Crippen LogP contribution in [0.4, 0.5) is 4.39 Å². The number of amides is 1. The second-order valence-electron chi connectivity index (χ2n) is 6.08. The Kier molecular flexibility index (Phi) is 4.68. The van der Waals surface area contributed by atoms with Crippen molar-refractivity contribution in [1.82, 2.24) is 20.3 Å². The average molecular weight is 380 g/mol. The van der Waals surface area contributed by atoms with Crippen LogP contribution in [0.1, 0.15) is 33.8 Å². The molecule has 0 saturated heterocycles. The molecule has 0 aliphatic heterocycles. The van der Waals surface area contributed by atoms with Crippen LogP contribution in [0.5, 0.6) is 0 Å². The summed E-state index contributed by atoms with van der Waals surface area (Å²) in [5.41, 5.74) is 2.90. The largest absolute Gasteiger partial charge is 0.340 e. The van der Waals surface area contributed by atoms with Crippen LogP contribution in [0.2, 0.25) is 0 Å². The number of hydrogen-bond donors (Lipinski definition) is 1. The molecule has 27 heavy (non-hydrogen) atoms. The second-order valence-corrected chi connectivity index (χ2v) is 7.06. The highest BCUT2D eigenvalue weighted by Crippen LogP contribution is 2.27. The lowest BCUT2D eigenvalue weighted by Gasteiger charge is -2.18. The molecule has 5 nitrogen and oxygen atoms in total. The minimum atomic E-state index is -0.347. The Hall–Kier alpha value is -3.06. The molecular weight excluding hydrogens is 363 g/mol. The van der Waals surface area contributed by atoms with Crippen molar-refractivity contribution < 1.29 is 9.18 Å². The maximum absolute atomic E-state index is 13.3. The van der Waals surface area contributed by atoms with E-state index in [0.29, 0.717) is 17.6 Å². The highest BCUT2D eigenvalue weighted by atomic mass is 32.1. The summed E-state index contributed by atoms with van der Waals surface area (Å²) >= 11 is 1.54. The molecule has 2 aromatic carbocycles. The van der Waals surface area contributed by atoms with Crippen LogP contribution in [-0.4, -0.2) is 20.9 Å². The summed E-state index contributed by atoms with van der Waals surface area (Å²) < 4.78 is 15.1. The quantitative estimate of drug-likeness (QED) is 0.565. The van der Waals surface area contributed by atoms with Crippen molar-refractivity contribution in [2.75, 3.05) is 0 Å². The first-order chi connectivity index (χ1) is 13.2. The van der Waals surface area contributed by atoms with Crippen LogP contribution in [0.25, 0.3) is 11.0 Å². The van der Waals surface area contributed by atoms with Gasteiger partial charge in [0.25, 0.3) is 5.91 Å². The average Bonchev–Trinajstić information content (AvgIpc) is 3.36. The Labute approximate surface area is 159 Å². The number of nitrogens with zero attached hydrogens (tertiary/aromatic N) is 3. The van der Waals surface area contributed by atoms with Gasteiger partial charge in [-0.25, -0.2) is 9.07 Å². The maximum Gasteiger partial charge on any atom is 0.252 e. The molecule has 0 spiro atoms. The molecule has 0 bridgehead atoms. The monoisotopic (exact) mass is 380 g/mol. The number of aryl methyl sites for hydroxylation is 1. The SMILES string of the molecule is CCn1nnc2cc(C(=O)N[C@@H](c3ccc(F)cc3)c3cccs3)ccc21. The predicted molar refractivity (Wildman–Crippen MR) is 103 cm³/mol. The lowest BCUT2D eigenvalue weighted by molar-refractivity contribution is 0.0943. The molecule has 0 fully saturated rings. The zero-order chi connectivity index (χ0) is 18.8. The van der Waals surface area contributed by atoms with E-state index in [4.69, 9.17) is 0 Å². The third-order valence-electron chi connectivity index (χ3n) is 4.38. The number of carbonyl (C=O) groups excluding carboxylic acids is 1. The molecule has 7 heteroatoms. The summed E-state index contributed by atoms with van der Waals surface area (Å²) in [5.74, 6) is -0.523. The van der Waals surface area contributed by atoms with Gasteiger partial charge in [-0.05, 0) is 54.3 Å². The number of halogens is 1. The van der Waals surface area contributed by atoms with Crippen LogP contribution in [-0.2, 0) is 6.54 Å². The van der Waals surface area contributed by atoms with Crippen molar-refractivity contribution >= 4 is 28.3 Å². The van der Waals surface area contributed by atoms with E-state index in [1.807, 2.05) is 30.5 Å². The Morgan fingerprint density at radius 1 is 1.22 bits per heavy atom. The van der Waals surface area contributed by atoms with Gasteiger partial charge in [0, 0.05) is 17.0 Å². The number of thiophene rings is 1. The Bertz CT molecular complexity index is 1070. The number of nitrogens with one attached hydrogen (secondary N) is 1. The number of carbonyl (C=O) groups is 1. The van der Waals surface area contributed by atoms with Gasteiger partial charge in [0.05, 0.1) is 11.6 Å². The number of rotatable bonds is 5.